The van der Waals surface area contributed by atoms with Crippen LogP contribution in [0.1, 0.15) is 23.2 Å². The van der Waals surface area contributed by atoms with E-state index in [0.29, 0.717) is 24.0 Å². The number of likely N-dealkylation sites (tertiary alicyclic amines) is 1. The van der Waals surface area contributed by atoms with E-state index in [1.165, 1.54) is 12.0 Å². The van der Waals surface area contributed by atoms with Gasteiger partial charge in [-0.1, -0.05) is 6.08 Å². The molecule has 5 heteroatoms. The summed E-state index contributed by atoms with van der Waals surface area (Å²) in [5.41, 5.74) is 8.66. The van der Waals surface area contributed by atoms with Gasteiger partial charge in [0.2, 0.25) is 0 Å². The number of likely N-dealkylation sites (N-methyl/N-ethyl adjacent to an activating group) is 1. The fourth-order valence-electron chi connectivity index (χ4n) is 3.30. The van der Waals surface area contributed by atoms with Gasteiger partial charge in [-0.25, -0.2) is 4.79 Å². The number of rotatable bonds is 3. The van der Waals surface area contributed by atoms with Crippen molar-refractivity contribution in [2.24, 2.45) is 0 Å². The number of aromatic carboxylic acids is 1. The molecule has 3 rings (SSSR count). The van der Waals surface area contributed by atoms with Gasteiger partial charge in [0, 0.05) is 24.5 Å². The van der Waals surface area contributed by atoms with Crippen LogP contribution >= 0.6 is 0 Å². The lowest BCUT2D eigenvalue weighted by Crippen LogP contribution is -2.34. The van der Waals surface area contributed by atoms with Crippen molar-refractivity contribution in [3.05, 3.63) is 47.7 Å². The predicted octanol–water partition coefficient (Wildman–Crippen LogP) is 2.32. The third-order valence-corrected chi connectivity index (χ3v) is 4.44. The summed E-state index contributed by atoms with van der Waals surface area (Å²) in [5, 5.41) is 9.39. The highest BCUT2D eigenvalue weighted by atomic mass is 16.4. The summed E-state index contributed by atoms with van der Waals surface area (Å²) in [6, 6.07) is 5.37. The Bertz CT molecular complexity index is 651. The molecule has 2 heterocycles. The maximum Gasteiger partial charge on any atom is 0.337 e. The van der Waals surface area contributed by atoms with Crippen molar-refractivity contribution < 1.29 is 9.90 Å². The van der Waals surface area contributed by atoms with E-state index in [0.717, 1.165) is 13.0 Å². The molecular weight excluding hydrogens is 278 g/mol. The maximum atomic E-state index is 11.5. The number of anilines is 2. The number of allylic oxidation sites excluding steroid dienone is 2. The number of hydrogen-bond acceptors (Lipinski definition) is 4. The molecule has 0 saturated carbocycles. The number of carboxylic acid groups (broad SMARTS) is 1. The predicted molar refractivity (Wildman–Crippen MR) is 88.0 cm³/mol. The third-order valence-electron chi connectivity index (χ3n) is 4.44. The second kappa shape index (κ2) is 5.85. The van der Waals surface area contributed by atoms with Gasteiger partial charge in [-0.3, -0.25) is 4.90 Å². The first-order valence-corrected chi connectivity index (χ1v) is 7.53. The van der Waals surface area contributed by atoms with Crippen LogP contribution in [-0.2, 0) is 0 Å². The molecule has 116 valence electrons. The van der Waals surface area contributed by atoms with Crippen LogP contribution in [0.5, 0.6) is 0 Å². The zero-order valence-corrected chi connectivity index (χ0v) is 12.7. The minimum absolute atomic E-state index is 0.278. The van der Waals surface area contributed by atoms with Crippen LogP contribution in [0.25, 0.3) is 0 Å². The lowest BCUT2D eigenvalue weighted by atomic mass is 10.0. The van der Waals surface area contributed by atoms with Crippen LogP contribution in [0.3, 0.4) is 0 Å². The van der Waals surface area contributed by atoms with Crippen molar-refractivity contribution in [3.63, 3.8) is 0 Å². The van der Waals surface area contributed by atoms with Crippen LogP contribution in [0.15, 0.2) is 42.1 Å². The Labute approximate surface area is 130 Å². The second-order valence-corrected chi connectivity index (χ2v) is 5.93. The number of carboxylic acids is 1. The van der Waals surface area contributed by atoms with Gasteiger partial charge in [-0.2, -0.15) is 0 Å². The lowest BCUT2D eigenvalue weighted by molar-refractivity contribution is 0.0697. The van der Waals surface area contributed by atoms with Crippen molar-refractivity contribution in [2.45, 2.75) is 18.9 Å². The molecule has 5 nitrogen and oxygen atoms in total. The van der Waals surface area contributed by atoms with Crippen molar-refractivity contribution >= 4 is 17.3 Å². The first-order valence-electron chi connectivity index (χ1n) is 7.53. The zero-order valence-electron chi connectivity index (χ0n) is 12.7. The lowest BCUT2D eigenvalue weighted by Gasteiger charge is -2.31. The van der Waals surface area contributed by atoms with Gasteiger partial charge in [0.15, 0.2) is 0 Å². The molecular formula is C17H21N3O2. The average Bonchev–Trinajstić information content (AvgIpc) is 2.93. The van der Waals surface area contributed by atoms with Gasteiger partial charge in [-0.15, -0.1) is 0 Å². The van der Waals surface area contributed by atoms with Gasteiger partial charge >= 0.3 is 5.97 Å². The van der Waals surface area contributed by atoms with Crippen LogP contribution in [0.2, 0.25) is 0 Å². The summed E-state index contributed by atoms with van der Waals surface area (Å²) >= 11 is 0. The number of nitrogens with two attached hydrogens (primary N) is 1. The van der Waals surface area contributed by atoms with E-state index in [-0.39, 0.29) is 5.56 Å². The van der Waals surface area contributed by atoms with Gasteiger partial charge in [0.05, 0.1) is 11.3 Å². The summed E-state index contributed by atoms with van der Waals surface area (Å²) in [5.74, 6) is -0.933. The highest BCUT2D eigenvalue weighted by molar-refractivity contribution is 5.95. The summed E-state index contributed by atoms with van der Waals surface area (Å²) in [6.45, 7) is 1.82. The van der Waals surface area contributed by atoms with E-state index in [2.05, 4.69) is 18.0 Å². The average molecular weight is 299 g/mol. The minimum atomic E-state index is -0.933. The molecule has 3 N–H and O–H groups in total. The summed E-state index contributed by atoms with van der Waals surface area (Å²) in [4.78, 5) is 15.8. The van der Waals surface area contributed by atoms with Crippen LogP contribution in [-0.4, -0.2) is 42.2 Å². The number of benzene rings is 1. The molecule has 1 atom stereocenters. The van der Waals surface area contributed by atoms with E-state index < -0.39 is 5.97 Å². The molecule has 0 spiro atoms. The monoisotopic (exact) mass is 299 g/mol. The van der Waals surface area contributed by atoms with Crippen molar-refractivity contribution in [1.82, 2.24) is 4.90 Å². The Balaban J connectivity index is 1.88. The molecule has 2 aliphatic heterocycles. The van der Waals surface area contributed by atoms with Gasteiger partial charge in [0.1, 0.15) is 0 Å². The Hall–Kier alpha value is -2.27. The van der Waals surface area contributed by atoms with Gasteiger partial charge in [0.25, 0.3) is 0 Å². The Morgan fingerprint density at radius 3 is 2.91 bits per heavy atom. The van der Waals surface area contributed by atoms with E-state index >= 15 is 0 Å². The van der Waals surface area contributed by atoms with Crippen LogP contribution in [0.4, 0.5) is 11.4 Å². The topological polar surface area (TPSA) is 69.8 Å². The summed E-state index contributed by atoms with van der Waals surface area (Å²) in [7, 11) is 2.14. The second-order valence-electron chi connectivity index (χ2n) is 5.93. The molecule has 0 amide bonds. The Morgan fingerprint density at radius 1 is 1.41 bits per heavy atom. The summed E-state index contributed by atoms with van der Waals surface area (Å²) in [6.07, 6.45) is 8.42. The van der Waals surface area contributed by atoms with Gasteiger partial charge < -0.3 is 15.7 Å². The standard InChI is InChI=1S/C17H21N3O2/c1-19-8-3-5-15(19)12-4-2-9-20(11-12)16-10-13(18)6-7-14(16)17(21)22/h2,4,6-7,9-10,15H,3,5,8,11,18H2,1H3,(H,21,22)/t15-/m0/s1. The van der Waals surface area contributed by atoms with E-state index in [1.807, 2.05) is 17.2 Å². The third kappa shape index (κ3) is 2.72. The van der Waals surface area contributed by atoms with Crippen LogP contribution in [0, 0.1) is 0 Å². The number of hydrogen-bond donors (Lipinski definition) is 2. The quantitative estimate of drug-likeness (QED) is 0.838. The van der Waals surface area contributed by atoms with Crippen molar-refractivity contribution in [3.8, 4) is 0 Å². The number of carbonyl (C=O) groups is 1. The maximum absolute atomic E-state index is 11.5. The SMILES string of the molecule is CN1CCC[C@H]1C1=CC=CN(c2cc(N)ccc2C(=O)O)C1. The molecule has 1 aromatic carbocycles. The molecule has 1 aromatic rings. The van der Waals surface area contributed by atoms with E-state index in [1.54, 1.807) is 18.2 Å². The first kappa shape index (κ1) is 14.7. The summed E-state index contributed by atoms with van der Waals surface area (Å²) < 4.78 is 0. The normalized spacial score (nSPS) is 22.0. The molecule has 0 radical (unpaired) electrons. The van der Waals surface area contributed by atoms with Crippen molar-refractivity contribution in [1.29, 1.82) is 0 Å². The fourth-order valence-corrected chi connectivity index (χ4v) is 3.30. The highest BCUT2D eigenvalue weighted by Gasteiger charge is 2.27. The minimum Gasteiger partial charge on any atom is -0.478 e. The van der Waals surface area contributed by atoms with Crippen molar-refractivity contribution in [2.75, 3.05) is 30.8 Å². The molecule has 22 heavy (non-hydrogen) atoms. The molecule has 0 bridgehead atoms. The molecule has 1 fully saturated rings. The number of nitrogen functional groups attached to an aromatic ring is 1. The Morgan fingerprint density at radius 2 is 2.23 bits per heavy atom. The zero-order chi connectivity index (χ0) is 15.7. The Kier molecular flexibility index (Phi) is 3.90. The molecule has 0 aliphatic carbocycles. The van der Waals surface area contributed by atoms with Gasteiger partial charge in [-0.05, 0) is 56.3 Å². The molecule has 1 saturated heterocycles. The number of nitrogens with zero attached hydrogens (tertiary/aromatic N) is 2. The highest BCUT2D eigenvalue weighted by Crippen LogP contribution is 2.30. The van der Waals surface area contributed by atoms with Crippen LogP contribution < -0.4 is 10.6 Å². The van der Waals surface area contributed by atoms with E-state index in [4.69, 9.17) is 5.73 Å². The smallest absolute Gasteiger partial charge is 0.337 e. The molecule has 2 aliphatic rings. The van der Waals surface area contributed by atoms with E-state index in [9.17, 15) is 9.90 Å². The first-order chi connectivity index (χ1) is 10.6. The largest absolute Gasteiger partial charge is 0.478 e. The molecule has 0 unspecified atom stereocenters. The molecule has 0 aromatic heterocycles. The fraction of sp³-hybridized carbons (Fsp3) is 0.353.